The van der Waals surface area contributed by atoms with E-state index >= 15 is 0 Å². The Hall–Kier alpha value is -2.36. The van der Waals surface area contributed by atoms with E-state index in [9.17, 15) is 22.0 Å². The van der Waals surface area contributed by atoms with E-state index in [4.69, 9.17) is 0 Å². The number of sulfonamides is 1. The average molecular weight is 438 g/mol. The molecule has 1 fully saturated rings. The van der Waals surface area contributed by atoms with Gasteiger partial charge in [-0.15, -0.1) is 0 Å². The van der Waals surface area contributed by atoms with Crippen molar-refractivity contribution in [2.24, 2.45) is 0 Å². The van der Waals surface area contributed by atoms with Gasteiger partial charge < -0.3 is 5.32 Å². The summed E-state index contributed by atoms with van der Waals surface area (Å²) in [4.78, 5) is 13.9. The number of rotatable bonds is 6. The van der Waals surface area contributed by atoms with Crippen LogP contribution in [0.3, 0.4) is 0 Å². The van der Waals surface area contributed by atoms with Gasteiger partial charge in [0.25, 0.3) is 0 Å². The fraction of sp³-hybridized carbons (Fsp3) is 0.381. The lowest BCUT2D eigenvalue weighted by atomic mass is 10.1. The maximum absolute atomic E-state index is 14.0. The van der Waals surface area contributed by atoms with Gasteiger partial charge in [-0.3, -0.25) is 9.69 Å². The first kappa shape index (κ1) is 22.3. The zero-order valence-corrected chi connectivity index (χ0v) is 17.8. The van der Waals surface area contributed by atoms with Crippen molar-refractivity contribution in [3.63, 3.8) is 0 Å². The summed E-state index contributed by atoms with van der Waals surface area (Å²) in [6.07, 6.45) is 0. The van der Waals surface area contributed by atoms with Gasteiger partial charge in [0.05, 0.1) is 6.04 Å². The Balaban J connectivity index is 1.57. The van der Waals surface area contributed by atoms with Crippen LogP contribution in [0.1, 0.15) is 18.1 Å². The van der Waals surface area contributed by atoms with Crippen LogP contribution in [0, 0.1) is 18.6 Å². The molecule has 0 aromatic heterocycles. The first-order valence-electron chi connectivity index (χ1n) is 9.71. The van der Waals surface area contributed by atoms with Gasteiger partial charge in [-0.25, -0.2) is 17.2 Å². The summed E-state index contributed by atoms with van der Waals surface area (Å²) < 4.78 is 53.6. The summed E-state index contributed by atoms with van der Waals surface area (Å²) in [5.74, 6) is -2.08. The van der Waals surface area contributed by atoms with E-state index in [0.717, 1.165) is 27.6 Å². The van der Waals surface area contributed by atoms with Gasteiger partial charge in [-0.05, 0) is 37.1 Å². The fourth-order valence-electron chi connectivity index (χ4n) is 3.46. The molecule has 1 heterocycles. The molecular weight excluding hydrogens is 412 g/mol. The summed E-state index contributed by atoms with van der Waals surface area (Å²) in [6.45, 7) is 5.09. The molecule has 0 bridgehead atoms. The molecular formula is C21H25F2N3O3S. The van der Waals surface area contributed by atoms with Gasteiger partial charge in [0.2, 0.25) is 15.9 Å². The SMILES string of the molecule is Cc1ccccc1CNC(=O)C(C)N1CCN(S(=O)(=O)c2ccc(F)cc2F)CC1. The normalized spacial score (nSPS) is 16.9. The third kappa shape index (κ3) is 4.85. The first-order chi connectivity index (χ1) is 14.2. The highest BCUT2D eigenvalue weighted by atomic mass is 32.2. The van der Waals surface area contributed by atoms with Gasteiger partial charge in [0, 0.05) is 38.8 Å². The van der Waals surface area contributed by atoms with E-state index in [2.05, 4.69) is 5.32 Å². The fourth-order valence-corrected chi connectivity index (χ4v) is 4.93. The Labute approximate surface area is 175 Å². The summed E-state index contributed by atoms with van der Waals surface area (Å²) in [5.41, 5.74) is 2.13. The minimum atomic E-state index is -4.07. The number of halogens is 2. The lowest BCUT2D eigenvalue weighted by Crippen LogP contribution is -2.54. The molecule has 162 valence electrons. The number of aryl methyl sites for hydroxylation is 1. The highest BCUT2D eigenvalue weighted by Crippen LogP contribution is 2.22. The molecule has 30 heavy (non-hydrogen) atoms. The number of amides is 1. The average Bonchev–Trinajstić information content (AvgIpc) is 2.72. The van der Waals surface area contributed by atoms with Crippen LogP contribution in [0.15, 0.2) is 47.4 Å². The van der Waals surface area contributed by atoms with Crippen LogP contribution in [0.4, 0.5) is 8.78 Å². The molecule has 1 saturated heterocycles. The molecule has 0 aliphatic carbocycles. The van der Waals surface area contributed by atoms with Crippen LogP contribution in [-0.4, -0.2) is 55.8 Å². The summed E-state index contributed by atoms with van der Waals surface area (Å²) in [6, 6.07) is 9.79. The van der Waals surface area contributed by atoms with Crippen molar-refractivity contribution in [3.05, 3.63) is 65.2 Å². The predicted molar refractivity (Wildman–Crippen MR) is 109 cm³/mol. The van der Waals surface area contributed by atoms with Crippen LogP contribution in [-0.2, 0) is 21.4 Å². The van der Waals surface area contributed by atoms with Crippen LogP contribution >= 0.6 is 0 Å². The predicted octanol–water partition coefficient (Wildman–Crippen LogP) is 2.28. The molecule has 6 nitrogen and oxygen atoms in total. The molecule has 2 aromatic rings. The highest BCUT2D eigenvalue weighted by Gasteiger charge is 2.33. The van der Waals surface area contributed by atoms with Crippen molar-refractivity contribution < 1.29 is 22.0 Å². The zero-order chi connectivity index (χ0) is 21.9. The maximum atomic E-state index is 14.0. The van der Waals surface area contributed by atoms with Crippen LogP contribution < -0.4 is 5.32 Å². The summed E-state index contributed by atoms with van der Waals surface area (Å²) in [7, 11) is -4.07. The Bertz CT molecular complexity index is 1020. The van der Waals surface area contributed by atoms with Crippen molar-refractivity contribution >= 4 is 15.9 Å². The molecule has 3 rings (SSSR count). The maximum Gasteiger partial charge on any atom is 0.246 e. The molecule has 2 aromatic carbocycles. The topological polar surface area (TPSA) is 69.7 Å². The number of carbonyl (C=O) groups excluding carboxylic acids is 1. The Morgan fingerprint density at radius 2 is 1.77 bits per heavy atom. The van der Waals surface area contributed by atoms with E-state index < -0.39 is 32.6 Å². The molecule has 0 saturated carbocycles. The molecule has 0 spiro atoms. The van der Waals surface area contributed by atoms with Crippen LogP contribution in [0.2, 0.25) is 0 Å². The second-order valence-electron chi connectivity index (χ2n) is 7.34. The van der Waals surface area contributed by atoms with E-state index in [1.54, 1.807) is 6.92 Å². The Morgan fingerprint density at radius 1 is 1.10 bits per heavy atom. The number of nitrogens with zero attached hydrogens (tertiary/aromatic N) is 2. The lowest BCUT2D eigenvalue weighted by Gasteiger charge is -2.36. The lowest BCUT2D eigenvalue weighted by molar-refractivity contribution is -0.126. The van der Waals surface area contributed by atoms with Crippen LogP contribution in [0.5, 0.6) is 0 Å². The van der Waals surface area contributed by atoms with Gasteiger partial charge in [-0.1, -0.05) is 24.3 Å². The van der Waals surface area contributed by atoms with E-state index in [-0.39, 0.29) is 19.0 Å². The first-order valence-corrected chi connectivity index (χ1v) is 11.2. The quantitative estimate of drug-likeness (QED) is 0.753. The number of benzene rings is 2. The van der Waals surface area contributed by atoms with E-state index in [1.807, 2.05) is 36.1 Å². The highest BCUT2D eigenvalue weighted by molar-refractivity contribution is 7.89. The number of nitrogens with one attached hydrogen (secondary N) is 1. The molecule has 1 amide bonds. The third-order valence-electron chi connectivity index (χ3n) is 5.43. The minimum Gasteiger partial charge on any atom is -0.351 e. The van der Waals surface area contributed by atoms with Crippen molar-refractivity contribution in [1.29, 1.82) is 0 Å². The number of hydrogen-bond acceptors (Lipinski definition) is 4. The third-order valence-corrected chi connectivity index (χ3v) is 7.36. The van der Waals surface area contributed by atoms with Gasteiger partial charge >= 0.3 is 0 Å². The molecule has 1 atom stereocenters. The zero-order valence-electron chi connectivity index (χ0n) is 16.9. The monoisotopic (exact) mass is 437 g/mol. The molecule has 1 aliphatic heterocycles. The minimum absolute atomic E-state index is 0.120. The van der Waals surface area contributed by atoms with Gasteiger partial charge in [0.1, 0.15) is 16.5 Å². The van der Waals surface area contributed by atoms with Gasteiger partial charge in [0.15, 0.2) is 0 Å². The van der Waals surface area contributed by atoms with E-state index in [1.165, 1.54) is 0 Å². The Kier molecular flexibility index (Phi) is 6.84. The van der Waals surface area contributed by atoms with E-state index in [0.29, 0.717) is 25.7 Å². The molecule has 0 radical (unpaired) electrons. The number of piperazine rings is 1. The number of carbonyl (C=O) groups is 1. The summed E-state index contributed by atoms with van der Waals surface area (Å²) >= 11 is 0. The Morgan fingerprint density at radius 3 is 2.40 bits per heavy atom. The second kappa shape index (κ2) is 9.20. The van der Waals surface area contributed by atoms with Crippen molar-refractivity contribution in [2.75, 3.05) is 26.2 Å². The molecule has 1 unspecified atom stereocenters. The second-order valence-corrected chi connectivity index (χ2v) is 9.24. The largest absolute Gasteiger partial charge is 0.351 e. The molecule has 9 heteroatoms. The molecule has 1 N–H and O–H groups in total. The summed E-state index contributed by atoms with van der Waals surface area (Å²) in [5, 5.41) is 2.92. The standard InChI is InChI=1S/C21H25F2N3O3S/c1-15-5-3-4-6-17(15)14-24-21(27)16(2)25-9-11-26(12-10-25)30(28,29)20-8-7-18(22)13-19(20)23/h3-8,13,16H,9-12,14H2,1-2H3,(H,24,27). The van der Waals surface area contributed by atoms with Crippen molar-refractivity contribution in [3.8, 4) is 0 Å². The van der Waals surface area contributed by atoms with Crippen molar-refractivity contribution in [2.45, 2.75) is 31.3 Å². The number of hydrogen-bond donors (Lipinski definition) is 1. The van der Waals surface area contributed by atoms with Crippen LogP contribution in [0.25, 0.3) is 0 Å². The smallest absolute Gasteiger partial charge is 0.246 e. The van der Waals surface area contributed by atoms with Gasteiger partial charge in [-0.2, -0.15) is 4.31 Å². The molecule has 1 aliphatic rings. The van der Waals surface area contributed by atoms with Crippen molar-refractivity contribution in [1.82, 2.24) is 14.5 Å².